The zero-order valence-electron chi connectivity index (χ0n) is 22.7. The molecule has 3 heterocycles. The van der Waals surface area contributed by atoms with Gasteiger partial charge in [0, 0.05) is 31.7 Å². The van der Waals surface area contributed by atoms with Gasteiger partial charge in [-0.3, -0.25) is 19.2 Å². The highest BCUT2D eigenvalue weighted by Gasteiger charge is 2.39. The van der Waals surface area contributed by atoms with Gasteiger partial charge in [0.1, 0.15) is 12.1 Å². The third-order valence-electron chi connectivity index (χ3n) is 7.10. The van der Waals surface area contributed by atoms with Crippen LogP contribution in [0.15, 0.2) is 29.2 Å². The molecule has 4 N–H and O–H groups in total. The molecule has 0 saturated carbocycles. The molecule has 1 unspecified atom stereocenters. The van der Waals surface area contributed by atoms with Crippen molar-refractivity contribution in [1.82, 2.24) is 10.6 Å². The largest absolute Gasteiger partial charge is 0.343 e. The highest BCUT2D eigenvalue weighted by atomic mass is 32.2. The third kappa shape index (κ3) is 6.23. The van der Waals surface area contributed by atoms with Gasteiger partial charge in [0.15, 0.2) is 0 Å². The molecule has 0 aromatic heterocycles. The fourth-order valence-corrected chi connectivity index (χ4v) is 6.04. The van der Waals surface area contributed by atoms with E-state index >= 15 is 0 Å². The van der Waals surface area contributed by atoms with Crippen LogP contribution >= 0.6 is 11.8 Å². The quantitative estimate of drug-likeness (QED) is 0.441. The van der Waals surface area contributed by atoms with Gasteiger partial charge in [-0.05, 0) is 61.6 Å². The number of para-hydroxylation sites is 1. The maximum Gasteiger partial charge on any atom is 0.250 e. The normalized spacial score (nSPS) is 20.5. The van der Waals surface area contributed by atoms with Crippen molar-refractivity contribution in [2.24, 2.45) is 11.7 Å². The lowest BCUT2D eigenvalue weighted by atomic mass is 9.94. The summed E-state index contributed by atoms with van der Waals surface area (Å²) in [6.45, 7) is 8.16. The number of nitrogens with zero attached hydrogens (tertiary/aromatic N) is 2. The molecule has 1 fully saturated rings. The first kappa shape index (κ1) is 28.2. The van der Waals surface area contributed by atoms with E-state index < -0.39 is 29.4 Å². The van der Waals surface area contributed by atoms with E-state index in [1.807, 2.05) is 32.0 Å². The summed E-state index contributed by atoms with van der Waals surface area (Å²) in [5.74, 6) is 0.137. The predicted molar refractivity (Wildman–Crippen MR) is 151 cm³/mol. The summed E-state index contributed by atoms with van der Waals surface area (Å²) in [6.07, 6.45) is 2.91. The van der Waals surface area contributed by atoms with Crippen molar-refractivity contribution in [2.75, 3.05) is 28.6 Å². The molecular formula is C28H39N5O4S. The summed E-state index contributed by atoms with van der Waals surface area (Å²) in [4.78, 5) is 56.1. The van der Waals surface area contributed by atoms with E-state index in [1.54, 1.807) is 35.4 Å². The zero-order chi connectivity index (χ0) is 27.6. The fraction of sp³-hybridized carbons (Fsp3) is 0.571. The molecule has 3 aliphatic rings. The second-order valence-electron chi connectivity index (χ2n) is 11.4. The average Bonchev–Trinajstić information content (AvgIpc) is 3.51. The van der Waals surface area contributed by atoms with E-state index in [4.69, 9.17) is 5.73 Å². The lowest BCUT2D eigenvalue weighted by molar-refractivity contribution is -0.133. The molecular weight excluding hydrogens is 502 g/mol. The van der Waals surface area contributed by atoms with Crippen molar-refractivity contribution in [3.63, 3.8) is 0 Å². The van der Waals surface area contributed by atoms with Gasteiger partial charge in [-0.15, -0.1) is 11.8 Å². The van der Waals surface area contributed by atoms with Crippen LogP contribution in [0.2, 0.25) is 0 Å². The lowest BCUT2D eigenvalue weighted by Gasteiger charge is -2.38. The Kier molecular flexibility index (Phi) is 8.52. The molecule has 2 atom stereocenters. The Morgan fingerprint density at radius 2 is 1.97 bits per heavy atom. The van der Waals surface area contributed by atoms with Crippen LogP contribution < -0.4 is 26.2 Å². The van der Waals surface area contributed by atoms with Crippen molar-refractivity contribution < 1.29 is 19.2 Å². The number of rotatable bonds is 9. The molecule has 206 valence electrons. The molecule has 0 spiro atoms. The van der Waals surface area contributed by atoms with Gasteiger partial charge in [0.25, 0.3) is 0 Å². The molecule has 1 aromatic rings. The number of anilines is 2. The molecule has 3 aliphatic heterocycles. The van der Waals surface area contributed by atoms with Crippen LogP contribution in [0.1, 0.15) is 58.9 Å². The van der Waals surface area contributed by atoms with Crippen LogP contribution in [0.25, 0.3) is 0 Å². The van der Waals surface area contributed by atoms with Crippen LogP contribution in [0.5, 0.6) is 0 Å². The fourth-order valence-electron chi connectivity index (χ4n) is 5.11. The van der Waals surface area contributed by atoms with Crippen LogP contribution in [-0.4, -0.2) is 60.1 Å². The van der Waals surface area contributed by atoms with Gasteiger partial charge in [-0.25, -0.2) is 0 Å². The summed E-state index contributed by atoms with van der Waals surface area (Å²) in [7, 11) is 0. The number of carbonyl (C=O) groups is 4. The summed E-state index contributed by atoms with van der Waals surface area (Å²) >= 11 is 1.73. The van der Waals surface area contributed by atoms with Gasteiger partial charge < -0.3 is 26.2 Å². The molecule has 9 nitrogen and oxygen atoms in total. The van der Waals surface area contributed by atoms with Crippen molar-refractivity contribution in [3.05, 3.63) is 34.7 Å². The van der Waals surface area contributed by atoms with Crippen molar-refractivity contribution in [1.29, 1.82) is 0 Å². The molecule has 0 radical (unpaired) electrons. The standard InChI is InChI=1S/C28H39N5O4S/c1-17(2)13-20(31-27(37)28(3,4)29)25(35)30-21-14-19-7-5-8-22(32-11-6-9-23(32)34)24(19)33(26(21)36)15-18-10-12-38-16-18/h5,7-8,16-17,20-21H,6,9-15,29H2,1-4H3,(H,30,35)(H,31,37)/t20-,21?/m1/s1. The number of thioether (sulfide) groups is 1. The predicted octanol–water partition coefficient (Wildman–Crippen LogP) is 2.48. The summed E-state index contributed by atoms with van der Waals surface area (Å²) in [5.41, 5.74) is 8.38. The third-order valence-corrected chi connectivity index (χ3v) is 8.04. The van der Waals surface area contributed by atoms with Crippen LogP contribution in [0.3, 0.4) is 0 Å². The Bertz CT molecular complexity index is 1140. The molecule has 4 amide bonds. The highest BCUT2D eigenvalue weighted by Crippen LogP contribution is 2.40. The maximum atomic E-state index is 14.0. The van der Waals surface area contributed by atoms with Gasteiger partial charge in [-0.2, -0.15) is 0 Å². The van der Waals surface area contributed by atoms with E-state index in [1.165, 1.54) is 0 Å². The Morgan fingerprint density at radius 1 is 1.21 bits per heavy atom. The molecule has 1 aromatic carbocycles. The molecule has 10 heteroatoms. The number of hydrogen-bond acceptors (Lipinski definition) is 6. The number of hydrogen-bond donors (Lipinski definition) is 3. The SMILES string of the molecule is CC(C)C[C@@H](NC(=O)C(C)(C)N)C(=O)NC1Cc2cccc(N3CCCC3=O)c2N(CC2=CSCC2)C1=O. The van der Waals surface area contributed by atoms with Crippen molar-refractivity contribution in [2.45, 2.75) is 77.4 Å². The Hall–Kier alpha value is -2.85. The minimum atomic E-state index is -1.14. The highest BCUT2D eigenvalue weighted by molar-refractivity contribution is 8.02. The van der Waals surface area contributed by atoms with Gasteiger partial charge in [-0.1, -0.05) is 26.0 Å². The van der Waals surface area contributed by atoms with E-state index in [-0.39, 0.29) is 17.7 Å². The zero-order valence-corrected chi connectivity index (χ0v) is 23.5. The van der Waals surface area contributed by atoms with Gasteiger partial charge >= 0.3 is 0 Å². The number of benzene rings is 1. The van der Waals surface area contributed by atoms with Crippen LogP contribution in [0, 0.1) is 5.92 Å². The van der Waals surface area contributed by atoms with Crippen molar-refractivity contribution in [3.8, 4) is 0 Å². The second-order valence-corrected chi connectivity index (χ2v) is 12.4. The van der Waals surface area contributed by atoms with E-state index in [9.17, 15) is 19.2 Å². The van der Waals surface area contributed by atoms with Crippen molar-refractivity contribution >= 4 is 46.8 Å². The summed E-state index contributed by atoms with van der Waals surface area (Å²) in [5, 5.41) is 7.81. The summed E-state index contributed by atoms with van der Waals surface area (Å²) < 4.78 is 0. The Balaban J connectivity index is 1.63. The monoisotopic (exact) mass is 541 g/mol. The van der Waals surface area contributed by atoms with Gasteiger partial charge in [0.05, 0.1) is 16.9 Å². The van der Waals surface area contributed by atoms with Crippen LogP contribution in [-0.2, 0) is 25.6 Å². The first-order valence-electron chi connectivity index (χ1n) is 13.4. The number of nitrogens with one attached hydrogen (secondary N) is 2. The van der Waals surface area contributed by atoms with Crippen LogP contribution in [0.4, 0.5) is 11.4 Å². The molecule has 4 rings (SSSR count). The minimum absolute atomic E-state index is 0.0620. The average molecular weight is 542 g/mol. The minimum Gasteiger partial charge on any atom is -0.343 e. The molecule has 38 heavy (non-hydrogen) atoms. The summed E-state index contributed by atoms with van der Waals surface area (Å²) in [6, 6.07) is 4.17. The number of carbonyl (C=O) groups excluding carboxylic acids is 4. The first-order chi connectivity index (χ1) is 18.0. The lowest BCUT2D eigenvalue weighted by Crippen LogP contribution is -2.60. The molecule has 1 saturated heterocycles. The Labute approximate surface area is 228 Å². The van der Waals surface area contributed by atoms with E-state index in [2.05, 4.69) is 16.0 Å². The van der Waals surface area contributed by atoms with Gasteiger partial charge in [0.2, 0.25) is 23.6 Å². The number of amides is 4. The second kappa shape index (κ2) is 11.5. The molecule has 0 aliphatic carbocycles. The van der Waals surface area contributed by atoms with E-state index in [0.29, 0.717) is 32.4 Å². The maximum absolute atomic E-state index is 14.0. The topological polar surface area (TPSA) is 125 Å². The Morgan fingerprint density at radius 3 is 2.58 bits per heavy atom. The molecule has 0 bridgehead atoms. The van der Waals surface area contributed by atoms with E-state index in [0.717, 1.165) is 41.1 Å². The smallest absolute Gasteiger partial charge is 0.250 e. The number of fused-ring (bicyclic) bond motifs is 1. The number of nitrogens with two attached hydrogens (primary N) is 1. The first-order valence-corrected chi connectivity index (χ1v) is 14.4.